The lowest BCUT2D eigenvalue weighted by molar-refractivity contribution is -0.142. The van der Waals surface area contributed by atoms with E-state index in [0.717, 1.165) is 0 Å². The van der Waals surface area contributed by atoms with Gasteiger partial charge in [0.1, 0.15) is 5.82 Å². The van der Waals surface area contributed by atoms with Gasteiger partial charge in [0.05, 0.1) is 23.0 Å². The van der Waals surface area contributed by atoms with E-state index in [-0.39, 0.29) is 18.9 Å². The van der Waals surface area contributed by atoms with Gasteiger partial charge in [-0.25, -0.2) is 4.39 Å². The quantitative estimate of drug-likeness (QED) is 0.875. The Morgan fingerprint density at radius 1 is 1.57 bits per heavy atom. The van der Waals surface area contributed by atoms with Gasteiger partial charge < -0.3 is 14.7 Å². The van der Waals surface area contributed by atoms with Crippen LogP contribution < -0.4 is 0 Å². The molecular formula is C14H15BrFNO4. The molecule has 0 spiro atoms. The highest BCUT2D eigenvalue weighted by Gasteiger charge is 2.44. The summed E-state index contributed by atoms with van der Waals surface area (Å²) in [5.74, 6) is -2.68. The third-order valence-corrected chi connectivity index (χ3v) is 4.21. The molecule has 0 bridgehead atoms. The first-order valence-electron chi connectivity index (χ1n) is 6.42. The Morgan fingerprint density at radius 3 is 2.86 bits per heavy atom. The van der Waals surface area contributed by atoms with Crippen molar-refractivity contribution in [2.75, 3.05) is 20.3 Å². The maximum absolute atomic E-state index is 13.7. The summed E-state index contributed by atoms with van der Waals surface area (Å²) in [5, 5.41) is 9.32. The van der Waals surface area contributed by atoms with Crippen LogP contribution in [0.25, 0.3) is 0 Å². The Morgan fingerprint density at radius 2 is 2.29 bits per heavy atom. The van der Waals surface area contributed by atoms with Crippen LogP contribution in [0.5, 0.6) is 0 Å². The summed E-state index contributed by atoms with van der Waals surface area (Å²) >= 11 is 3.06. The molecule has 1 aromatic rings. The fourth-order valence-electron chi connectivity index (χ4n) is 2.57. The second kappa shape index (κ2) is 6.53. The molecule has 2 atom stereocenters. The molecule has 7 heteroatoms. The third-order valence-electron chi connectivity index (χ3n) is 3.57. The molecule has 0 saturated carbocycles. The molecule has 114 valence electrons. The minimum absolute atomic E-state index is 0.0819. The number of carbonyl (C=O) groups excluding carboxylic acids is 1. The zero-order chi connectivity index (χ0) is 15.6. The molecule has 1 amide bonds. The van der Waals surface area contributed by atoms with E-state index in [1.54, 1.807) is 6.07 Å². The highest BCUT2D eigenvalue weighted by atomic mass is 79.9. The van der Waals surface area contributed by atoms with E-state index >= 15 is 0 Å². The van der Waals surface area contributed by atoms with Crippen molar-refractivity contribution < 1.29 is 23.8 Å². The standard InChI is InChI=1S/C14H15BrFNO4/c1-21-5-4-17-12(18)7-9(14(19)20)13(17)8-2-3-10(15)11(16)6-8/h2-3,6,9,13H,4-5,7H2,1H3,(H,19,20). The van der Waals surface area contributed by atoms with Gasteiger partial charge in [0.25, 0.3) is 0 Å². The molecule has 21 heavy (non-hydrogen) atoms. The fraction of sp³-hybridized carbons (Fsp3) is 0.429. The molecule has 1 aliphatic rings. The Bertz CT molecular complexity index is 566. The Labute approximate surface area is 129 Å². The number of amides is 1. The summed E-state index contributed by atoms with van der Waals surface area (Å²) in [7, 11) is 1.50. The Kier molecular flexibility index (Phi) is 4.95. The maximum Gasteiger partial charge on any atom is 0.309 e. The molecule has 1 aromatic carbocycles. The highest BCUT2D eigenvalue weighted by Crippen LogP contribution is 2.38. The Balaban J connectivity index is 2.38. The van der Waals surface area contributed by atoms with Gasteiger partial charge in [-0.1, -0.05) is 6.07 Å². The van der Waals surface area contributed by atoms with Crippen LogP contribution in [0.3, 0.4) is 0 Å². The van der Waals surface area contributed by atoms with Crippen molar-refractivity contribution in [3.05, 3.63) is 34.1 Å². The molecule has 2 rings (SSSR count). The minimum atomic E-state index is -1.06. The van der Waals surface area contributed by atoms with E-state index in [2.05, 4.69) is 15.9 Å². The van der Waals surface area contributed by atoms with Crippen molar-refractivity contribution in [3.8, 4) is 0 Å². The zero-order valence-corrected chi connectivity index (χ0v) is 13.0. The van der Waals surface area contributed by atoms with Crippen LogP contribution in [0.15, 0.2) is 22.7 Å². The topological polar surface area (TPSA) is 66.8 Å². The van der Waals surface area contributed by atoms with Gasteiger partial charge in [0.15, 0.2) is 0 Å². The largest absolute Gasteiger partial charge is 0.481 e. The number of carboxylic acids is 1. The number of nitrogens with zero attached hydrogens (tertiary/aromatic N) is 1. The lowest BCUT2D eigenvalue weighted by Gasteiger charge is -2.27. The number of methoxy groups -OCH3 is 1. The van der Waals surface area contributed by atoms with Gasteiger partial charge >= 0.3 is 5.97 Å². The predicted molar refractivity (Wildman–Crippen MR) is 76.2 cm³/mol. The number of carboxylic acid groups (broad SMARTS) is 1. The highest BCUT2D eigenvalue weighted by molar-refractivity contribution is 9.10. The summed E-state index contributed by atoms with van der Waals surface area (Å²) in [5.41, 5.74) is 0.477. The number of hydrogen-bond donors (Lipinski definition) is 1. The number of halogens is 2. The average molecular weight is 360 g/mol. The first-order chi connectivity index (χ1) is 9.95. The maximum atomic E-state index is 13.7. The van der Waals surface area contributed by atoms with Crippen LogP contribution >= 0.6 is 15.9 Å². The summed E-state index contributed by atoms with van der Waals surface area (Å²) < 4.78 is 19.0. The molecule has 0 aromatic heterocycles. The molecule has 5 nitrogen and oxygen atoms in total. The van der Waals surface area contributed by atoms with Crippen molar-refractivity contribution in [3.63, 3.8) is 0 Å². The molecule has 0 radical (unpaired) electrons. The number of ether oxygens (including phenoxy) is 1. The van der Waals surface area contributed by atoms with E-state index in [4.69, 9.17) is 4.74 Å². The number of likely N-dealkylation sites (tertiary alicyclic amines) is 1. The lowest BCUT2D eigenvalue weighted by atomic mass is 9.93. The number of carbonyl (C=O) groups is 2. The van der Waals surface area contributed by atoms with E-state index in [1.165, 1.54) is 24.1 Å². The van der Waals surface area contributed by atoms with Crippen LogP contribution in [-0.4, -0.2) is 42.1 Å². The van der Waals surface area contributed by atoms with Crippen molar-refractivity contribution in [1.82, 2.24) is 4.90 Å². The molecule has 1 aliphatic heterocycles. The number of benzene rings is 1. The van der Waals surface area contributed by atoms with Crippen molar-refractivity contribution >= 4 is 27.8 Å². The fourth-order valence-corrected chi connectivity index (χ4v) is 2.82. The van der Waals surface area contributed by atoms with E-state index in [0.29, 0.717) is 16.6 Å². The molecule has 1 fully saturated rings. The second-order valence-corrected chi connectivity index (χ2v) is 5.70. The first-order valence-corrected chi connectivity index (χ1v) is 7.21. The zero-order valence-electron chi connectivity index (χ0n) is 11.4. The van der Waals surface area contributed by atoms with E-state index in [9.17, 15) is 19.1 Å². The van der Waals surface area contributed by atoms with Gasteiger partial charge in [-0.3, -0.25) is 9.59 Å². The average Bonchev–Trinajstić information content (AvgIpc) is 2.77. The third kappa shape index (κ3) is 3.24. The van der Waals surface area contributed by atoms with Gasteiger partial charge in [-0.2, -0.15) is 0 Å². The summed E-state index contributed by atoms with van der Waals surface area (Å²) in [4.78, 5) is 24.9. The van der Waals surface area contributed by atoms with Crippen LogP contribution in [0, 0.1) is 11.7 Å². The van der Waals surface area contributed by atoms with Crippen LogP contribution in [0.2, 0.25) is 0 Å². The SMILES string of the molecule is COCCN1C(=O)CC(C(=O)O)C1c1ccc(Br)c(F)c1. The molecule has 0 aliphatic carbocycles. The molecule has 1 heterocycles. The normalized spacial score (nSPS) is 21.9. The molecule has 1 N–H and O–H groups in total. The summed E-state index contributed by atoms with van der Waals surface area (Å²) in [6.45, 7) is 0.578. The second-order valence-electron chi connectivity index (χ2n) is 4.85. The van der Waals surface area contributed by atoms with Crippen molar-refractivity contribution in [2.24, 2.45) is 5.92 Å². The van der Waals surface area contributed by atoms with Gasteiger partial charge in [0.2, 0.25) is 5.91 Å². The first kappa shape index (κ1) is 15.9. The summed E-state index contributed by atoms with van der Waals surface area (Å²) in [6.07, 6.45) is -0.0819. The van der Waals surface area contributed by atoms with Crippen LogP contribution in [0.1, 0.15) is 18.0 Å². The smallest absolute Gasteiger partial charge is 0.309 e. The summed E-state index contributed by atoms with van der Waals surface area (Å²) in [6, 6.07) is 3.74. The van der Waals surface area contributed by atoms with Crippen molar-refractivity contribution in [1.29, 1.82) is 0 Å². The molecule has 1 saturated heterocycles. The number of rotatable bonds is 5. The molecule has 2 unspecified atom stereocenters. The van der Waals surface area contributed by atoms with Gasteiger partial charge in [-0.05, 0) is 33.6 Å². The predicted octanol–water partition coefficient (Wildman–Crippen LogP) is 2.21. The Hall–Kier alpha value is -1.47. The number of hydrogen-bond acceptors (Lipinski definition) is 3. The van der Waals surface area contributed by atoms with Crippen LogP contribution in [0.4, 0.5) is 4.39 Å². The molecular weight excluding hydrogens is 345 g/mol. The van der Waals surface area contributed by atoms with Crippen LogP contribution in [-0.2, 0) is 14.3 Å². The van der Waals surface area contributed by atoms with Gasteiger partial charge in [0, 0.05) is 20.1 Å². The minimum Gasteiger partial charge on any atom is -0.481 e. The van der Waals surface area contributed by atoms with Gasteiger partial charge in [-0.15, -0.1) is 0 Å². The van der Waals surface area contributed by atoms with Crippen molar-refractivity contribution in [2.45, 2.75) is 12.5 Å². The monoisotopic (exact) mass is 359 g/mol. The lowest BCUT2D eigenvalue weighted by Crippen LogP contribution is -2.33. The van der Waals surface area contributed by atoms with E-state index in [1.807, 2.05) is 0 Å². The van der Waals surface area contributed by atoms with E-state index < -0.39 is 23.7 Å². The number of aliphatic carboxylic acids is 1.